The first-order valence-electron chi connectivity index (χ1n) is 7.70. The van der Waals surface area contributed by atoms with E-state index in [9.17, 15) is 0 Å². The summed E-state index contributed by atoms with van der Waals surface area (Å²) in [6, 6.07) is 11.0. The summed E-state index contributed by atoms with van der Waals surface area (Å²) < 4.78 is 0. The van der Waals surface area contributed by atoms with Gasteiger partial charge in [0.1, 0.15) is 0 Å². The third kappa shape index (κ3) is 2.81. The normalized spacial score (nSPS) is 15.0. The zero-order valence-corrected chi connectivity index (χ0v) is 13.2. The first kappa shape index (κ1) is 14.2. The average Bonchev–Trinajstić information content (AvgIpc) is 2.45. The highest BCUT2D eigenvalue weighted by Crippen LogP contribution is 2.26. The van der Waals surface area contributed by atoms with Crippen molar-refractivity contribution in [1.82, 2.24) is 4.90 Å². The molecule has 0 atom stereocenters. The number of aryl methyl sites for hydroxylation is 3. The van der Waals surface area contributed by atoms with E-state index < -0.39 is 0 Å². The predicted molar refractivity (Wildman–Crippen MR) is 89.3 cm³/mol. The van der Waals surface area contributed by atoms with E-state index >= 15 is 0 Å². The van der Waals surface area contributed by atoms with Gasteiger partial charge in [-0.15, -0.1) is 0 Å². The number of rotatable bonds is 2. The third-order valence-corrected chi connectivity index (χ3v) is 4.73. The summed E-state index contributed by atoms with van der Waals surface area (Å²) in [5.74, 6) is 0. The van der Waals surface area contributed by atoms with Gasteiger partial charge in [0.2, 0.25) is 0 Å². The molecule has 0 bridgehead atoms. The van der Waals surface area contributed by atoms with Crippen LogP contribution in [0.1, 0.15) is 33.4 Å². The number of hydrogen-bond donors (Lipinski definition) is 1. The fourth-order valence-electron chi connectivity index (χ4n) is 3.26. The van der Waals surface area contributed by atoms with E-state index in [2.05, 4.69) is 49.9 Å². The van der Waals surface area contributed by atoms with Crippen LogP contribution in [0.25, 0.3) is 0 Å². The van der Waals surface area contributed by atoms with Gasteiger partial charge in [-0.1, -0.05) is 24.3 Å². The van der Waals surface area contributed by atoms with Crippen LogP contribution >= 0.6 is 0 Å². The number of benzene rings is 2. The van der Waals surface area contributed by atoms with Crippen molar-refractivity contribution in [3.8, 4) is 0 Å². The molecule has 21 heavy (non-hydrogen) atoms. The molecule has 1 aliphatic rings. The molecule has 2 aromatic carbocycles. The molecular formula is C19H24N2. The van der Waals surface area contributed by atoms with Gasteiger partial charge in [0, 0.05) is 25.3 Å². The number of hydrogen-bond acceptors (Lipinski definition) is 2. The van der Waals surface area contributed by atoms with Crippen LogP contribution in [-0.4, -0.2) is 11.4 Å². The van der Waals surface area contributed by atoms with Crippen molar-refractivity contribution in [3.63, 3.8) is 0 Å². The Morgan fingerprint density at radius 2 is 1.81 bits per heavy atom. The highest BCUT2D eigenvalue weighted by atomic mass is 15.1. The molecule has 0 amide bonds. The van der Waals surface area contributed by atoms with Gasteiger partial charge in [-0.3, -0.25) is 4.90 Å². The van der Waals surface area contributed by atoms with Gasteiger partial charge in [0.15, 0.2) is 0 Å². The van der Waals surface area contributed by atoms with Gasteiger partial charge < -0.3 is 5.73 Å². The highest BCUT2D eigenvalue weighted by Gasteiger charge is 2.18. The molecule has 0 radical (unpaired) electrons. The standard InChI is InChI=1S/C19H24N2/c1-13-9-15(3)17(10-14(13)2)12-21-8-7-18-16(11-21)5-4-6-19(18)20/h4-6,9-10H,7-8,11-12,20H2,1-3H3. The van der Waals surface area contributed by atoms with Gasteiger partial charge in [-0.25, -0.2) is 0 Å². The average molecular weight is 280 g/mol. The lowest BCUT2D eigenvalue weighted by Gasteiger charge is -2.30. The van der Waals surface area contributed by atoms with E-state index in [0.29, 0.717) is 0 Å². The minimum absolute atomic E-state index is 0.953. The molecule has 0 spiro atoms. The van der Waals surface area contributed by atoms with Crippen molar-refractivity contribution >= 4 is 5.69 Å². The largest absolute Gasteiger partial charge is 0.398 e. The molecule has 110 valence electrons. The summed E-state index contributed by atoms with van der Waals surface area (Å²) in [5, 5.41) is 0. The van der Waals surface area contributed by atoms with Gasteiger partial charge in [0.25, 0.3) is 0 Å². The maximum atomic E-state index is 6.08. The van der Waals surface area contributed by atoms with E-state index in [1.165, 1.54) is 33.4 Å². The molecule has 2 N–H and O–H groups in total. The Labute approximate surface area is 127 Å². The lowest BCUT2D eigenvalue weighted by atomic mass is 9.96. The Morgan fingerprint density at radius 1 is 1.05 bits per heavy atom. The van der Waals surface area contributed by atoms with Crippen LogP contribution in [0.15, 0.2) is 30.3 Å². The second-order valence-electron chi connectivity index (χ2n) is 6.31. The molecule has 0 fully saturated rings. The molecule has 3 rings (SSSR count). The molecule has 0 unspecified atom stereocenters. The van der Waals surface area contributed by atoms with Crippen molar-refractivity contribution in [3.05, 3.63) is 63.7 Å². The fourth-order valence-corrected chi connectivity index (χ4v) is 3.26. The SMILES string of the molecule is Cc1cc(C)c(CN2CCc3c(N)cccc3C2)cc1C. The number of fused-ring (bicyclic) bond motifs is 1. The number of nitrogens with zero attached hydrogens (tertiary/aromatic N) is 1. The Balaban J connectivity index is 1.80. The lowest BCUT2D eigenvalue weighted by molar-refractivity contribution is 0.245. The van der Waals surface area contributed by atoms with E-state index in [1.54, 1.807) is 0 Å². The Kier molecular flexibility index (Phi) is 3.73. The van der Waals surface area contributed by atoms with Crippen LogP contribution in [0, 0.1) is 20.8 Å². The van der Waals surface area contributed by atoms with Gasteiger partial charge in [-0.05, 0) is 66.6 Å². The first-order valence-corrected chi connectivity index (χ1v) is 7.70. The molecule has 0 saturated heterocycles. The van der Waals surface area contributed by atoms with Crippen LogP contribution in [0.3, 0.4) is 0 Å². The topological polar surface area (TPSA) is 29.3 Å². The van der Waals surface area contributed by atoms with Crippen molar-refractivity contribution in [2.75, 3.05) is 12.3 Å². The summed E-state index contributed by atoms with van der Waals surface area (Å²) in [5.41, 5.74) is 15.4. The zero-order valence-electron chi connectivity index (χ0n) is 13.2. The van der Waals surface area contributed by atoms with E-state index in [1.807, 2.05) is 6.07 Å². The Hall–Kier alpha value is -1.80. The van der Waals surface area contributed by atoms with Gasteiger partial charge >= 0.3 is 0 Å². The molecule has 2 heteroatoms. The molecule has 0 aliphatic carbocycles. The predicted octanol–water partition coefficient (Wildman–Crippen LogP) is 3.75. The summed E-state index contributed by atoms with van der Waals surface area (Å²) in [6.07, 6.45) is 1.06. The monoisotopic (exact) mass is 280 g/mol. The van der Waals surface area contributed by atoms with E-state index in [0.717, 1.165) is 31.7 Å². The number of nitrogens with two attached hydrogens (primary N) is 1. The third-order valence-electron chi connectivity index (χ3n) is 4.73. The molecule has 1 heterocycles. The smallest absolute Gasteiger partial charge is 0.0350 e. The van der Waals surface area contributed by atoms with Crippen LogP contribution < -0.4 is 5.73 Å². The van der Waals surface area contributed by atoms with Crippen LogP contribution in [0.4, 0.5) is 5.69 Å². The minimum Gasteiger partial charge on any atom is -0.398 e. The minimum atomic E-state index is 0.953. The molecular weight excluding hydrogens is 256 g/mol. The van der Waals surface area contributed by atoms with Crippen LogP contribution in [0.5, 0.6) is 0 Å². The fraction of sp³-hybridized carbons (Fsp3) is 0.368. The maximum absolute atomic E-state index is 6.08. The summed E-state index contributed by atoms with van der Waals surface area (Å²) in [4.78, 5) is 2.53. The Bertz CT molecular complexity index is 674. The molecule has 2 nitrogen and oxygen atoms in total. The number of nitrogen functional groups attached to an aromatic ring is 1. The quantitative estimate of drug-likeness (QED) is 0.849. The molecule has 2 aromatic rings. The lowest BCUT2D eigenvalue weighted by Crippen LogP contribution is -2.30. The van der Waals surface area contributed by atoms with Crippen molar-refractivity contribution in [2.24, 2.45) is 0 Å². The van der Waals surface area contributed by atoms with Crippen molar-refractivity contribution < 1.29 is 0 Å². The molecule has 1 aliphatic heterocycles. The first-order chi connectivity index (χ1) is 10.0. The zero-order chi connectivity index (χ0) is 15.0. The van der Waals surface area contributed by atoms with Crippen molar-refractivity contribution in [2.45, 2.75) is 40.3 Å². The van der Waals surface area contributed by atoms with Gasteiger partial charge in [-0.2, -0.15) is 0 Å². The van der Waals surface area contributed by atoms with E-state index in [-0.39, 0.29) is 0 Å². The highest BCUT2D eigenvalue weighted by molar-refractivity contribution is 5.52. The summed E-state index contributed by atoms with van der Waals surface area (Å²) in [7, 11) is 0. The maximum Gasteiger partial charge on any atom is 0.0350 e. The summed E-state index contributed by atoms with van der Waals surface area (Å²) >= 11 is 0. The molecule has 0 aromatic heterocycles. The summed E-state index contributed by atoms with van der Waals surface area (Å²) in [6.45, 7) is 9.73. The second-order valence-corrected chi connectivity index (χ2v) is 6.31. The van der Waals surface area contributed by atoms with E-state index in [4.69, 9.17) is 5.73 Å². The van der Waals surface area contributed by atoms with Crippen LogP contribution in [-0.2, 0) is 19.5 Å². The molecule has 0 saturated carbocycles. The van der Waals surface area contributed by atoms with Gasteiger partial charge in [0.05, 0.1) is 0 Å². The van der Waals surface area contributed by atoms with Crippen molar-refractivity contribution in [1.29, 1.82) is 0 Å². The Morgan fingerprint density at radius 3 is 2.62 bits per heavy atom. The second kappa shape index (κ2) is 5.53. The van der Waals surface area contributed by atoms with Crippen LogP contribution in [0.2, 0.25) is 0 Å². The number of anilines is 1.